The number of amides is 3. The van der Waals surface area contributed by atoms with Gasteiger partial charge in [0.15, 0.2) is 0 Å². The van der Waals surface area contributed by atoms with Crippen LogP contribution in [-0.4, -0.2) is 91.1 Å². The number of H-pyrrole nitrogens is 1. The van der Waals surface area contributed by atoms with E-state index < -0.39 is 60.1 Å². The van der Waals surface area contributed by atoms with Gasteiger partial charge in [-0.2, -0.15) is 12.6 Å². The zero-order valence-corrected chi connectivity index (χ0v) is 17.9. The fourth-order valence-electron chi connectivity index (χ4n) is 2.47. The summed E-state index contributed by atoms with van der Waals surface area (Å²) in [6.07, 6.45) is -0.160. The number of hydrogen-bond acceptors (Lipinski definition) is 9. The summed E-state index contributed by atoms with van der Waals surface area (Å²) in [5.74, 6) is -4.05. The van der Waals surface area contributed by atoms with Gasteiger partial charge in [-0.15, -0.1) is 0 Å². The van der Waals surface area contributed by atoms with Gasteiger partial charge in [0.05, 0.1) is 24.6 Å². The number of carbonyl (C=O) groups is 4. The molecule has 0 saturated heterocycles. The second-order valence-corrected chi connectivity index (χ2v) is 7.29. The summed E-state index contributed by atoms with van der Waals surface area (Å²) in [5.41, 5.74) is 5.98. The maximum atomic E-state index is 12.6. The Hall–Kier alpha value is -2.68. The van der Waals surface area contributed by atoms with Crippen molar-refractivity contribution in [3.05, 3.63) is 18.2 Å². The van der Waals surface area contributed by atoms with E-state index >= 15 is 0 Å². The van der Waals surface area contributed by atoms with Crippen molar-refractivity contribution in [2.24, 2.45) is 5.73 Å². The molecule has 0 spiro atoms. The molecule has 6 unspecified atom stereocenters. The summed E-state index contributed by atoms with van der Waals surface area (Å²) in [6.45, 7) is 2.45. The molecule has 1 aromatic heterocycles. The van der Waals surface area contributed by atoms with Gasteiger partial charge in [0.1, 0.15) is 18.1 Å². The van der Waals surface area contributed by atoms with Crippen LogP contribution in [0.2, 0.25) is 0 Å². The number of aliphatic hydroxyl groups is 2. The summed E-state index contributed by atoms with van der Waals surface area (Å²) < 4.78 is 0. The Labute approximate surface area is 183 Å². The zero-order valence-electron chi connectivity index (χ0n) is 17.0. The number of imidazole rings is 1. The number of aliphatic carboxylic acids is 1. The Morgan fingerprint density at radius 2 is 1.58 bits per heavy atom. The SMILES string of the molecule is CC(O)C(NC(=O)C(N)CS)C(=O)NC(C(=O)NC(Cc1cnc[nH]1)C(=O)O)C(C)O. The van der Waals surface area contributed by atoms with Crippen LogP contribution in [0.25, 0.3) is 0 Å². The van der Waals surface area contributed by atoms with Crippen molar-refractivity contribution in [1.29, 1.82) is 0 Å². The topological polar surface area (TPSA) is 220 Å². The largest absolute Gasteiger partial charge is 0.480 e. The minimum absolute atomic E-state index is 0.00834. The van der Waals surface area contributed by atoms with Gasteiger partial charge in [0.25, 0.3) is 0 Å². The third-order valence-corrected chi connectivity index (χ3v) is 4.65. The number of hydrogen-bond donors (Lipinski definition) is 9. The molecule has 0 bridgehead atoms. The highest BCUT2D eigenvalue weighted by molar-refractivity contribution is 7.80. The second kappa shape index (κ2) is 12.2. The van der Waals surface area contributed by atoms with Crippen LogP contribution >= 0.6 is 12.6 Å². The summed E-state index contributed by atoms with van der Waals surface area (Å²) >= 11 is 3.88. The molecule has 0 aromatic carbocycles. The molecule has 9 N–H and O–H groups in total. The molecule has 14 heteroatoms. The number of aromatic nitrogens is 2. The highest BCUT2D eigenvalue weighted by atomic mass is 32.1. The smallest absolute Gasteiger partial charge is 0.326 e. The molecule has 0 fully saturated rings. The van der Waals surface area contributed by atoms with E-state index in [1.165, 1.54) is 26.4 Å². The standard InChI is InChI=1S/C17H28N6O7S/c1-7(24)12(15(27)21-11(17(29)30)3-9-4-19-6-20-9)23-16(28)13(8(2)25)22-14(26)10(18)5-31/h4,6-8,10-13,24-25,31H,3,5,18H2,1-2H3,(H,19,20)(H,21,27)(H,22,26)(H,23,28)(H,29,30). The number of carbonyl (C=O) groups excluding carboxylic acids is 3. The molecule has 0 saturated carbocycles. The van der Waals surface area contributed by atoms with Crippen LogP contribution in [0.1, 0.15) is 19.5 Å². The Balaban J connectivity index is 2.90. The lowest BCUT2D eigenvalue weighted by Gasteiger charge is -2.27. The summed E-state index contributed by atoms with van der Waals surface area (Å²) in [4.78, 5) is 55.0. The van der Waals surface area contributed by atoms with Crippen LogP contribution < -0.4 is 21.7 Å². The van der Waals surface area contributed by atoms with Crippen LogP contribution in [0.3, 0.4) is 0 Å². The molecular formula is C17H28N6O7S. The van der Waals surface area contributed by atoms with Crippen LogP contribution in [-0.2, 0) is 25.6 Å². The first-order valence-corrected chi connectivity index (χ1v) is 9.94. The first-order chi connectivity index (χ1) is 14.5. The van der Waals surface area contributed by atoms with Crippen LogP contribution in [0.4, 0.5) is 0 Å². The van der Waals surface area contributed by atoms with Crippen molar-refractivity contribution in [2.75, 3.05) is 5.75 Å². The zero-order chi connectivity index (χ0) is 23.7. The number of carboxylic acid groups (broad SMARTS) is 1. The van der Waals surface area contributed by atoms with Gasteiger partial charge in [-0.05, 0) is 13.8 Å². The molecule has 1 rings (SSSR count). The lowest BCUT2D eigenvalue weighted by atomic mass is 10.1. The van der Waals surface area contributed by atoms with E-state index in [-0.39, 0.29) is 12.2 Å². The van der Waals surface area contributed by atoms with Crippen molar-refractivity contribution >= 4 is 36.3 Å². The van der Waals surface area contributed by atoms with E-state index in [4.69, 9.17) is 5.73 Å². The van der Waals surface area contributed by atoms with E-state index in [2.05, 4.69) is 38.5 Å². The Bertz CT molecular complexity index is 758. The predicted molar refractivity (Wildman–Crippen MR) is 111 cm³/mol. The average molecular weight is 461 g/mol. The molecule has 13 nitrogen and oxygen atoms in total. The molecular weight excluding hydrogens is 432 g/mol. The van der Waals surface area contributed by atoms with Crippen LogP contribution in [0.15, 0.2) is 12.5 Å². The van der Waals surface area contributed by atoms with Gasteiger partial charge < -0.3 is 42.0 Å². The van der Waals surface area contributed by atoms with Crippen molar-refractivity contribution in [2.45, 2.75) is 56.6 Å². The summed E-state index contributed by atoms with van der Waals surface area (Å²) in [5, 5.41) is 35.9. The van der Waals surface area contributed by atoms with Gasteiger partial charge in [-0.1, -0.05) is 0 Å². The molecule has 3 amide bonds. The minimum atomic E-state index is -1.56. The normalized spacial score (nSPS) is 16.8. The molecule has 1 heterocycles. The highest BCUT2D eigenvalue weighted by Gasteiger charge is 2.34. The van der Waals surface area contributed by atoms with Crippen LogP contribution in [0, 0.1) is 0 Å². The maximum absolute atomic E-state index is 12.6. The predicted octanol–water partition coefficient (Wildman–Crippen LogP) is -3.49. The fraction of sp³-hybridized carbons (Fsp3) is 0.588. The first kappa shape index (κ1) is 26.4. The van der Waals surface area contributed by atoms with Crippen molar-refractivity contribution in [3.63, 3.8) is 0 Å². The molecule has 174 valence electrons. The molecule has 0 aliphatic heterocycles. The van der Waals surface area contributed by atoms with E-state index in [1.54, 1.807) is 0 Å². The second-order valence-electron chi connectivity index (χ2n) is 6.92. The Morgan fingerprint density at radius 3 is 2.00 bits per heavy atom. The summed E-state index contributed by atoms with van der Waals surface area (Å²) in [6, 6.07) is -5.45. The van der Waals surface area contributed by atoms with Crippen molar-refractivity contribution in [1.82, 2.24) is 25.9 Å². The Kier molecular flexibility index (Phi) is 10.4. The van der Waals surface area contributed by atoms with Gasteiger partial charge in [-0.3, -0.25) is 14.4 Å². The van der Waals surface area contributed by atoms with E-state index in [0.29, 0.717) is 5.69 Å². The first-order valence-electron chi connectivity index (χ1n) is 9.31. The third kappa shape index (κ3) is 8.16. The van der Waals surface area contributed by atoms with E-state index in [0.717, 1.165) is 0 Å². The molecule has 6 atom stereocenters. The highest BCUT2D eigenvalue weighted by Crippen LogP contribution is 2.03. The number of carboxylic acids is 1. The lowest BCUT2D eigenvalue weighted by Crippen LogP contribution is -2.62. The monoisotopic (exact) mass is 460 g/mol. The number of rotatable bonds is 12. The summed E-state index contributed by atoms with van der Waals surface area (Å²) in [7, 11) is 0. The van der Waals surface area contributed by atoms with Gasteiger partial charge >= 0.3 is 5.97 Å². The molecule has 31 heavy (non-hydrogen) atoms. The van der Waals surface area contributed by atoms with Crippen molar-refractivity contribution in [3.8, 4) is 0 Å². The maximum Gasteiger partial charge on any atom is 0.326 e. The Morgan fingerprint density at radius 1 is 1.06 bits per heavy atom. The van der Waals surface area contributed by atoms with Crippen LogP contribution in [0.5, 0.6) is 0 Å². The molecule has 1 aromatic rings. The van der Waals surface area contributed by atoms with Gasteiger partial charge in [0.2, 0.25) is 17.7 Å². The lowest BCUT2D eigenvalue weighted by molar-refractivity contribution is -0.143. The van der Waals surface area contributed by atoms with Gasteiger partial charge in [0, 0.05) is 24.1 Å². The number of aromatic amines is 1. The number of nitrogens with zero attached hydrogens (tertiary/aromatic N) is 1. The van der Waals surface area contributed by atoms with Gasteiger partial charge in [-0.25, -0.2) is 9.78 Å². The molecule has 0 aliphatic carbocycles. The quantitative estimate of drug-likeness (QED) is 0.141. The molecule has 0 radical (unpaired) electrons. The number of nitrogens with two attached hydrogens (primary N) is 1. The number of thiol groups is 1. The van der Waals surface area contributed by atoms with E-state index in [9.17, 15) is 34.5 Å². The third-order valence-electron chi connectivity index (χ3n) is 4.25. The minimum Gasteiger partial charge on any atom is -0.480 e. The number of aliphatic hydroxyl groups excluding tert-OH is 2. The average Bonchev–Trinajstić information content (AvgIpc) is 3.20. The number of nitrogens with one attached hydrogen (secondary N) is 4. The fourth-order valence-corrected chi connectivity index (χ4v) is 2.64. The molecule has 0 aliphatic rings. The van der Waals surface area contributed by atoms with Crippen molar-refractivity contribution < 1.29 is 34.5 Å². The van der Waals surface area contributed by atoms with E-state index in [1.807, 2.05) is 0 Å².